The monoisotopic (exact) mass is 694 g/mol. The number of carbonyl (C=O) groups excluding carboxylic acids is 1. The molecule has 1 fully saturated rings. The Hall–Kier alpha value is -5.39. The Bertz CT molecular complexity index is 1980. The maximum absolute atomic E-state index is 13.9. The predicted octanol–water partition coefficient (Wildman–Crippen LogP) is 6.57. The number of hydrogen-bond acceptors (Lipinski definition) is 10. The highest BCUT2D eigenvalue weighted by Gasteiger charge is 2.27. The SMILES string of the molecule is COc1ccc(/C=C2\CN(Cc3cn(CCCNc4ccnc5cc(Cl)ccc45)nn3)C/C(=C\c3ccc(OC)c(OC)c3)C2=O)cc1OC. The Morgan fingerprint density at radius 2 is 1.46 bits per heavy atom. The van der Waals surface area contributed by atoms with Gasteiger partial charge in [0.2, 0.25) is 0 Å². The fourth-order valence-electron chi connectivity index (χ4n) is 6.00. The molecular formula is C38H39ClN6O5. The number of fused-ring (bicyclic) bond motifs is 1. The Morgan fingerprint density at radius 1 is 0.820 bits per heavy atom. The molecule has 0 amide bonds. The van der Waals surface area contributed by atoms with Crippen LogP contribution in [0.25, 0.3) is 23.1 Å². The van der Waals surface area contributed by atoms with Crippen molar-refractivity contribution in [2.24, 2.45) is 0 Å². The highest BCUT2D eigenvalue weighted by atomic mass is 35.5. The fourth-order valence-corrected chi connectivity index (χ4v) is 6.16. The predicted molar refractivity (Wildman–Crippen MR) is 195 cm³/mol. The summed E-state index contributed by atoms with van der Waals surface area (Å²) in [6.07, 6.45) is 8.40. The summed E-state index contributed by atoms with van der Waals surface area (Å²) < 4.78 is 23.7. The van der Waals surface area contributed by atoms with Gasteiger partial charge in [0.15, 0.2) is 28.8 Å². The third-order valence-corrected chi connectivity index (χ3v) is 8.66. The summed E-state index contributed by atoms with van der Waals surface area (Å²) in [4.78, 5) is 20.5. The molecule has 258 valence electrons. The van der Waals surface area contributed by atoms with Crippen LogP contribution in [0, 0.1) is 0 Å². The number of Topliss-reactive ketones (excluding diaryl/α,β-unsaturated/α-hetero) is 1. The molecule has 1 saturated heterocycles. The highest BCUT2D eigenvalue weighted by Crippen LogP contribution is 2.32. The second-order valence-electron chi connectivity index (χ2n) is 11.8. The number of nitrogens with one attached hydrogen (secondary N) is 1. The number of ether oxygens (including phenoxy) is 4. The van der Waals surface area contributed by atoms with Crippen LogP contribution in [-0.4, -0.2) is 78.7 Å². The Morgan fingerprint density at radius 3 is 2.08 bits per heavy atom. The van der Waals surface area contributed by atoms with E-state index in [0.29, 0.717) is 65.3 Å². The smallest absolute Gasteiger partial charge is 0.187 e. The summed E-state index contributed by atoms with van der Waals surface area (Å²) in [7, 11) is 6.38. The van der Waals surface area contributed by atoms with Crippen molar-refractivity contribution in [3.05, 3.63) is 106 Å². The molecule has 11 nitrogen and oxygen atoms in total. The number of aromatic nitrogens is 4. The van der Waals surface area contributed by atoms with Gasteiger partial charge in [-0.3, -0.25) is 19.4 Å². The number of aryl methyl sites for hydroxylation is 1. The lowest BCUT2D eigenvalue weighted by Crippen LogP contribution is -2.37. The van der Waals surface area contributed by atoms with E-state index in [1.54, 1.807) is 34.6 Å². The normalized spacial score (nSPS) is 15.1. The van der Waals surface area contributed by atoms with Gasteiger partial charge in [0.1, 0.15) is 0 Å². The van der Waals surface area contributed by atoms with Crippen LogP contribution >= 0.6 is 11.6 Å². The summed E-state index contributed by atoms with van der Waals surface area (Å²) in [5.41, 5.74) is 5.66. The molecule has 12 heteroatoms. The molecule has 0 unspecified atom stereocenters. The minimum absolute atomic E-state index is 0.0213. The van der Waals surface area contributed by atoms with E-state index < -0.39 is 0 Å². The maximum atomic E-state index is 13.9. The molecule has 6 rings (SSSR count). The van der Waals surface area contributed by atoms with Crippen LogP contribution in [0.4, 0.5) is 5.69 Å². The zero-order valence-electron chi connectivity index (χ0n) is 28.5. The summed E-state index contributed by atoms with van der Waals surface area (Å²) >= 11 is 6.14. The number of rotatable bonds is 13. The number of halogens is 1. The zero-order chi connectivity index (χ0) is 35.0. The Balaban J connectivity index is 1.17. The second-order valence-corrected chi connectivity index (χ2v) is 12.3. The summed E-state index contributed by atoms with van der Waals surface area (Å²) in [5, 5.41) is 14.0. The van der Waals surface area contributed by atoms with Gasteiger partial charge in [-0.2, -0.15) is 0 Å². The van der Waals surface area contributed by atoms with Crippen LogP contribution in [0.15, 0.2) is 84.2 Å². The van der Waals surface area contributed by atoms with Crippen molar-refractivity contribution in [1.82, 2.24) is 24.9 Å². The van der Waals surface area contributed by atoms with Gasteiger partial charge in [-0.05, 0) is 78.2 Å². The van der Waals surface area contributed by atoms with Crippen molar-refractivity contribution >= 4 is 46.1 Å². The van der Waals surface area contributed by atoms with Gasteiger partial charge in [-0.1, -0.05) is 28.9 Å². The number of pyridine rings is 1. The molecule has 0 saturated carbocycles. The van der Waals surface area contributed by atoms with E-state index in [0.717, 1.165) is 46.4 Å². The van der Waals surface area contributed by atoms with Crippen LogP contribution < -0.4 is 24.3 Å². The van der Waals surface area contributed by atoms with Gasteiger partial charge in [0.25, 0.3) is 0 Å². The van der Waals surface area contributed by atoms with Crippen molar-refractivity contribution < 1.29 is 23.7 Å². The van der Waals surface area contributed by atoms with E-state index in [2.05, 4.69) is 25.5 Å². The highest BCUT2D eigenvalue weighted by molar-refractivity contribution is 6.31. The number of piperidine rings is 1. The fraction of sp³-hybridized carbons (Fsp3) is 0.263. The van der Waals surface area contributed by atoms with Crippen LogP contribution in [0.1, 0.15) is 23.2 Å². The largest absolute Gasteiger partial charge is 0.493 e. The number of benzene rings is 3. The van der Waals surface area contributed by atoms with Gasteiger partial charge >= 0.3 is 0 Å². The van der Waals surface area contributed by atoms with Gasteiger partial charge in [-0.15, -0.1) is 5.10 Å². The molecule has 0 bridgehead atoms. The molecule has 0 spiro atoms. The van der Waals surface area contributed by atoms with Gasteiger partial charge in [0, 0.05) is 72.4 Å². The quantitative estimate of drug-likeness (QED) is 0.107. The van der Waals surface area contributed by atoms with Crippen molar-refractivity contribution in [1.29, 1.82) is 0 Å². The molecule has 0 aliphatic carbocycles. The average molecular weight is 695 g/mol. The third kappa shape index (κ3) is 8.07. The number of ketones is 1. The standard InChI is InChI=1S/C38H39ClN6O5/c1-47-34-10-6-25(18-36(34)49-3)16-27-21-44(22-28(38(27)46)17-26-7-11-35(48-2)37(19-26)50-4)23-30-24-45(43-42-30)15-5-13-40-32-12-14-41-33-20-29(39)8-9-31(32)33/h6-12,14,16-20,24H,5,13,15,21-23H2,1-4H3,(H,40,41)/b27-16+,28-17+. The summed E-state index contributed by atoms with van der Waals surface area (Å²) in [6, 6.07) is 18.9. The van der Waals surface area contributed by atoms with E-state index >= 15 is 0 Å². The molecular weight excluding hydrogens is 656 g/mol. The van der Waals surface area contributed by atoms with Gasteiger partial charge < -0.3 is 24.3 Å². The summed E-state index contributed by atoms with van der Waals surface area (Å²) in [6.45, 7) is 2.85. The van der Waals surface area contributed by atoms with Crippen LogP contribution in [0.5, 0.6) is 23.0 Å². The molecule has 50 heavy (non-hydrogen) atoms. The Labute approximate surface area is 296 Å². The molecule has 1 aliphatic heterocycles. The first-order chi connectivity index (χ1) is 24.4. The number of anilines is 1. The number of hydrogen-bond donors (Lipinski definition) is 1. The zero-order valence-corrected chi connectivity index (χ0v) is 29.2. The van der Waals surface area contributed by atoms with Crippen LogP contribution in [-0.2, 0) is 17.9 Å². The minimum Gasteiger partial charge on any atom is -0.493 e. The first-order valence-corrected chi connectivity index (χ1v) is 16.5. The number of nitrogens with zero attached hydrogens (tertiary/aromatic N) is 5. The number of methoxy groups -OCH3 is 4. The van der Waals surface area contributed by atoms with E-state index in [-0.39, 0.29) is 5.78 Å². The average Bonchev–Trinajstić information content (AvgIpc) is 3.58. The molecule has 0 atom stereocenters. The molecule has 0 radical (unpaired) electrons. The van der Waals surface area contributed by atoms with Crippen molar-refractivity contribution in [2.45, 2.75) is 19.5 Å². The van der Waals surface area contributed by atoms with Crippen LogP contribution in [0.2, 0.25) is 5.02 Å². The van der Waals surface area contributed by atoms with E-state index in [9.17, 15) is 4.79 Å². The third-order valence-electron chi connectivity index (χ3n) is 8.42. The van der Waals surface area contributed by atoms with Gasteiger partial charge in [-0.25, -0.2) is 0 Å². The molecule has 1 N–H and O–H groups in total. The van der Waals surface area contributed by atoms with Crippen molar-refractivity contribution in [3.8, 4) is 23.0 Å². The molecule has 3 heterocycles. The molecule has 5 aromatic rings. The summed E-state index contributed by atoms with van der Waals surface area (Å²) in [5.74, 6) is 2.40. The first-order valence-electron chi connectivity index (χ1n) is 16.2. The minimum atomic E-state index is -0.0213. The molecule has 2 aromatic heterocycles. The molecule has 3 aromatic carbocycles. The van der Waals surface area contributed by atoms with Crippen molar-refractivity contribution in [2.75, 3.05) is 53.4 Å². The molecule has 1 aliphatic rings. The van der Waals surface area contributed by atoms with Gasteiger partial charge in [0.05, 0.1) is 39.6 Å². The maximum Gasteiger partial charge on any atom is 0.187 e. The lowest BCUT2D eigenvalue weighted by molar-refractivity contribution is -0.113. The number of likely N-dealkylation sites (tertiary alicyclic amines) is 1. The lowest BCUT2D eigenvalue weighted by Gasteiger charge is -2.29. The van der Waals surface area contributed by atoms with E-state index in [1.165, 1.54) is 0 Å². The van der Waals surface area contributed by atoms with Crippen molar-refractivity contribution in [3.63, 3.8) is 0 Å². The lowest BCUT2D eigenvalue weighted by atomic mass is 9.94. The Kier molecular flexibility index (Phi) is 10.9. The van der Waals surface area contributed by atoms with E-state index in [4.69, 9.17) is 30.5 Å². The topological polar surface area (TPSA) is 113 Å². The van der Waals surface area contributed by atoms with E-state index in [1.807, 2.05) is 83.7 Å². The number of carbonyl (C=O) groups is 1. The second kappa shape index (κ2) is 15.9. The first kappa shape index (κ1) is 34.5. The van der Waals surface area contributed by atoms with Crippen LogP contribution in [0.3, 0.4) is 0 Å².